The van der Waals surface area contributed by atoms with Crippen molar-refractivity contribution in [3.63, 3.8) is 0 Å². The molecule has 1 aromatic heterocycles. The highest BCUT2D eigenvalue weighted by Crippen LogP contribution is 2.25. The van der Waals surface area contributed by atoms with Crippen molar-refractivity contribution in [2.24, 2.45) is 0 Å². The number of ether oxygens (including phenoxy) is 2. The second kappa shape index (κ2) is 6.27. The Hall–Kier alpha value is -1.97. The van der Waals surface area contributed by atoms with Crippen molar-refractivity contribution >= 4 is 13.3 Å². The number of methoxy groups -OCH3 is 2. The van der Waals surface area contributed by atoms with E-state index in [2.05, 4.69) is 4.98 Å². The van der Waals surface area contributed by atoms with E-state index < -0.39 is 0 Å². The second-order valence-electron chi connectivity index (χ2n) is 4.25. The molecule has 0 saturated heterocycles. The molecule has 0 aliphatic rings. The maximum Gasteiger partial charge on any atom is 0.125 e. The minimum absolute atomic E-state index is 0.731. The third kappa shape index (κ3) is 3.28. The molecular formula is C15H16BNO2. The van der Waals surface area contributed by atoms with Gasteiger partial charge in [0, 0.05) is 18.5 Å². The van der Waals surface area contributed by atoms with Gasteiger partial charge in [-0.25, -0.2) is 0 Å². The van der Waals surface area contributed by atoms with Crippen LogP contribution in [0.4, 0.5) is 0 Å². The van der Waals surface area contributed by atoms with E-state index >= 15 is 0 Å². The Labute approximate surface area is 115 Å². The molecule has 0 aliphatic carbocycles. The zero-order valence-corrected chi connectivity index (χ0v) is 11.2. The van der Waals surface area contributed by atoms with Gasteiger partial charge in [0.15, 0.2) is 0 Å². The van der Waals surface area contributed by atoms with Gasteiger partial charge in [0.05, 0.1) is 14.2 Å². The quantitative estimate of drug-likeness (QED) is 0.759. The zero-order chi connectivity index (χ0) is 13.7. The van der Waals surface area contributed by atoms with E-state index in [9.17, 15) is 0 Å². The SMILES string of the molecule is [B]c1cnccc1CCc1ccc(OC)cc1OC. The lowest BCUT2D eigenvalue weighted by Gasteiger charge is -2.11. The lowest BCUT2D eigenvalue weighted by Crippen LogP contribution is -2.11. The van der Waals surface area contributed by atoms with Crippen molar-refractivity contribution in [1.29, 1.82) is 0 Å². The van der Waals surface area contributed by atoms with Gasteiger partial charge in [-0.05, 0) is 30.5 Å². The molecule has 0 saturated carbocycles. The number of rotatable bonds is 5. The lowest BCUT2D eigenvalue weighted by molar-refractivity contribution is 0.391. The molecule has 2 radical (unpaired) electrons. The first-order valence-electron chi connectivity index (χ1n) is 6.14. The summed E-state index contributed by atoms with van der Waals surface area (Å²) in [6.07, 6.45) is 5.16. The molecule has 0 spiro atoms. The summed E-state index contributed by atoms with van der Waals surface area (Å²) in [5.41, 5.74) is 2.97. The molecule has 4 heteroatoms. The van der Waals surface area contributed by atoms with E-state index in [0.29, 0.717) is 0 Å². The monoisotopic (exact) mass is 253 g/mol. The number of pyridine rings is 1. The van der Waals surface area contributed by atoms with Gasteiger partial charge in [-0.1, -0.05) is 17.1 Å². The standard InChI is InChI=1S/C15H16BNO2/c1-18-13-6-5-12(15(9-13)19-2)4-3-11-7-8-17-10-14(11)16/h5-10H,3-4H2,1-2H3. The summed E-state index contributed by atoms with van der Waals surface area (Å²) in [6, 6.07) is 7.80. The van der Waals surface area contributed by atoms with Crippen LogP contribution < -0.4 is 14.9 Å². The second-order valence-corrected chi connectivity index (χ2v) is 4.25. The molecule has 0 unspecified atom stereocenters. The number of hydrogen-bond acceptors (Lipinski definition) is 3. The predicted octanol–water partition coefficient (Wildman–Crippen LogP) is 1.68. The highest BCUT2D eigenvalue weighted by molar-refractivity contribution is 6.33. The van der Waals surface area contributed by atoms with Crippen LogP contribution in [0.3, 0.4) is 0 Å². The first kappa shape index (κ1) is 13.5. The first-order valence-corrected chi connectivity index (χ1v) is 6.14. The molecule has 1 aromatic carbocycles. The van der Waals surface area contributed by atoms with Crippen molar-refractivity contribution in [2.45, 2.75) is 12.8 Å². The van der Waals surface area contributed by atoms with E-state index in [1.807, 2.05) is 24.3 Å². The van der Waals surface area contributed by atoms with E-state index in [1.54, 1.807) is 26.6 Å². The van der Waals surface area contributed by atoms with Gasteiger partial charge >= 0.3 is 0 Å². The Morgan fingerprint density at radius 3 is 2.53 bits per heavy atom. The summed E-state index contributed by atoms with van der Waals surface area (Å²) in [7, 11) is 9.20. The predicted molar refractivity (Wildman–Crippen MR) is 76.6 cm³/mol. The minimum atomic E-state index is 0.731. The van der Waals surface area contributed by atoms with E-state index in [0.717, 1.165) is 40.9 Å². The molecule has 96 valence electrons. The normalized spacial score (nSPS) is 10.2. The number of aryl methyl sites for hydroxylation is 2. The van der Waals surface area contributed by atoms with Crippen LogP contribution >= 0.6 is 0 Å². The van der Waals surface area contributed by atoms with Gasteiger partial charge in [0.1, 0.15) is 19.3 Å². The zero-order valence-electron chi connectivity index (χ0n) is 11.2. The Bertz CT molecular complexity index is 558. The van der Waals surface area contributed by atoms with Crippen LogP contribution in [0.15, 0.2) is 36.7 Å². The fourth-order valence-corrected chi connectivity index (χ4v) is 1.99. The molecule has 3 nitrogen and oxygen atoms in total. The van der Waals surface area contributed by atoms with Gasteiger partial charge in [0.2, 0.25) is 0 Å². The maximum absolute atomic E-state index is 5.89. The van der Waals surface area contributed by atoms with Crippen LogP contribution in [0.2, 0.25) is 0 Å². The van der Waals surface area contributed by atoms with Gasteiger partial charge in [-0.2, -0.15) is 0 Å². The molecular weight excluding hydrogens is 237 g/mol. The number of benzene rings is 1. The van der Waals surface area contributed by atoms with Crippen molar-refractivity contribution in [3.8, 4) is 11.5 Å². The average molecular weight is 253 g/mol. The largest absolute Gasteiger partial charge is 0.497 e. The van der Waals surface area contributed by atoms with Crippen LogP contribution in [0.1, 0.15) is 11.1 Å². The summed E-state index contributed by atoms with van der Waals surface area (Å²) >= 11 is 0. The van der Waals surface area contributed by atoms with Crippen molar-refractivity contribution < 1.29 is 9.47 Å². The Morgan fingerprint density at radius 1 is 1.05 bits per heavy atom. The van der Waals surface area contributed by atoms with Gasteiger partial charge in [-0.3, -0.25) is 4.98 Å². The number of aromatic nitrogens is 1. The molecule has 0 N–H and O–H groups in total. The Balaban J connectivity index is 2.13. The van der Waals surface area contributed by atoms with E-state index in [4.69, 9.17) is 17.3 Å². The van der Waals surface area contributed by atoms with Gasteiger partial charge in [-0.15, -0.1) is 0 Å². The summed E-state index contributed by atoms with van der Waals surface area (Å²) < 4.78 is 10.6. The third-order valence-electron chi connectivity index (χ3n) is 3.10. The van der Waals surface area contributed by atoms with Gasteiger partial charge in [0.25, 0.3) is 0 Å². The lowest BCUT2D eigenvalue weighted by atomic mass is 9.90. The fourth-order valence-electron chi connectivity index (χ4n) is 1.99. The van der Waals surface area contributed by atoms with Crippen molar-refractivity contribution in [1.82, 2.24) is 4.98 Å². The third-order valence-corrected chi connectivity index (χ3v) is 3.10. The van der Waals surface area contributed by atoms with Crippen LogP contribution in [0.5, 0.6) is 11.5 Å². The summed E-state index contributed by atoms with van der Waals surface area (Å²) in [4.78, 5) is 3.99. The number of nitrogens with zero attached hydrogens (tertiary/aromatic N) is 1. The smallest absolute Gasteiger partial charge is 0.125 e. The molecule has 2 rings (SSSR count). The molecule has 2 aromatic rings. The Kier molecular flexibility index (Phi) is 4.45. The maximum atomic E-state index is 5.89. The summed E-state index contributed by atoms with van der Waals surface area (Å²) in [5.74, 6) is 1.64. The summed E-state index contributed by atoms with van der Waals surface area (Å²) in [6.45, 7) is 0. The highest BCUT2D eigenvalue weighted by atomic mass is 16.5. The molecule has 0 fully saturated rings. The molecule has 0 aliphatic heterocycles. The van der Waals surface area contributed by atoms with Crippen LogP contribution in [0, 0.1) is 0 Å². The number of hydrogen-bond donors (Lipinski definition) is 0. The van der Waals surface area contributed by atoms with Crippen molar-refractivity contribution in [2.75, 3.05) is 14.2 Å². The topological polar surface area (TPSA) is 31.4 Å². The highest BCUT2D eigenvalue weighted by Gasteiger charge is 2.06. The molecule has 0 atom stereocenters. The van der Waals surface area contributed by atoms with Crippen LogP contribution in [0.25, 0.3) is 0 Å². The van der Waals surface area contributed by atoms with Crippen molar-refractivity contribution in [3.05, 3.63) is 47.8 Å². The first-order chi connectivity index (χ1) is 9.24. The Morgan fingerprint density at radius 2 is 1.84 bits per heavy atom. The molecule has 0 bridgehead atoms. The minimum Gasteiger partial charge on any atom is -0.497 e. The summed E-state index contributed by atoms with van der Waals surface area (Å²) in [5, 5.41) is 0. The van der Waals surface area contributed by atoms with E-state index in [-0.39, 0.29) is 0 Å². The van der Waals surface area contributed by atoms with Crippen LogP contribution in [-0.2, 0) is 12.8 Å². The average Bonchev–Trinajstić information content (AvgIpc) is 2.46. The van der Waals surface area contributed by atoms with E-state index in [1.165, 1.54) is 0 Å². The van der Waals surface area contributed by atoms with Gasteiger partial charge < -0.3 is 9.47 Å². The molecule has 19 heavy (non-hydrogen) atoms. The molecule has 0 amide bonds. The van der Waals surface area contributed by atoms with Crippen LogP contribution in [-0.4, -0.2) is 27.0 Å². The fraction of sp³-hybridized carbons (Fsp3) is 0.267. The molecule has 1 heterocycles.